The predicted octanol–water partition coefficient (Wildman–Crippen LogP) is 4.91. The molecular formula is C20H24ClNO3S. The van der Waals surface area contributed by atoms with E-state index in [1.165, 1.54) is 0 Å². The van der Waals surface area contributed by atoms with Gasteiger partial charge in [-0.05, 0) is 43.3 Å². The number of halogens is 1. The topological polar surface area (TPSA) is 49.8 Å². The van der Waals surface area contributed by atoms with E-state index in [9.17, 15) is 4.79 Å². The molecule has 2 aromatic rings. The molecule has 0 radical (unpaired) electrons. The maximum atomic E-state index is 11.0. The van der Waals surface area contributed by atoms with E-state index in [2.05, 4.69) is 13.8 Å². The van der Waals surface area contributed by atoms with Crippen molar-refractivity contribution < 1.29 is 14.6 Å². The molecule has 1 N–H and O–H groups in total. The molecule has 0 saturated heterocycles. The maximum absolute atomic E-state index is 11.0. The molecular weight excluding hydrogens is 370 g/mol. The number of hydrogen-bond acceptors (Lipinski definition) is 4. The Hall–Kier alpha value is -1.69. The third-order valence-corrected chi connectivity index (χ3v) is 5.28. The molecule has 26 heavy (non-hydrogen) atoms. The van der Waals surface area contributed by atoms with Crippen molar-refractivity contribution in [1.82, 2.24) is 4.90 Å². The van der Waals surface area contributed by atoms with Crippen LogP contribution in [0.4, 0.5) is 0 Å². The minimum absolute atomic E-state index is 0.00881. The van der Waals surface area contributed by atoms with Gasteiger partial charge in [-0.15, -0.1) is 0 Å². The van der Waals surface area contributed by atoms with Crippen LogP contribution in [-0.4, -0.2) is 42.2 Å². The van der Waals surface area contributed by atoms with Crippen LogP contribution in [-0.2, 0) is 4.79 Å². The van der Waals surface area contributed by atoms with Gasteiger partial charge in [-0.3, -0.25) is 9.69 Å². The molecule has 0 aromatic heterocycles. The standard InChI is InChI=1S/C20H24ClNO3S/c1-14(2)17(22(3)12-20(23)24)13-25-18-9-4-5-10-19(18)26-16-8-6-7-15(21)11-16/h4-11,14,17H,12-13H2,1-3H3,(H,23,24). The molecule has 0 spiro atoms. The summed E-state index contributed by atoms with van der Waals surface area (Å²) < 4.78 is 6.08. The van der Waals surface area contributed by atoms with Crippen LogP contribution in [0.25, 0.3) is 0 Å². The normalized spacial score (nSPS) is 12.4. The molecule has 140 valence electrons. The smallest absolute Gasteiger partial charge is 0.317 e. The minimum Gasteiger partial charge on any atom is -0.491 e. The van der Waals surface area contributed by atoms with E-state index in [4.69, 9.17) is 21.4 Å². The van der Waals surface area contributed by atoms with Crippen molar-refractivity contribution in [2.24, 2.45) is 5.92 Å². The zero-order chi connectivity index (χ0) is 19.1. The van der Waals surface area contributed by atoms with Gasteiger partial charge in [-0.1, -0.05) is 55.4 Å². The number of carboxylic acids is 1. The number of likely N-dealkylation sites (N-methyl/N-ethyl adjacent to an activating group) is 1. The number of hydrogen-bond donors (Lipinski definition) is 1. The van der Waals surface area contributed by atoms with Crippen LogP contribution in [0.5, 0.6) is 5.75 Å². The lowest BCUT2D eigenvalue weighted by Crippen LogP contribution is -2.43. The average Bonchev–Trinajstić information content (AvgIpc) is 2.55. The second-order valence-electron chi connectivity index (χ2n) is 6.44. The Bertz CT molecular complexity index is 739. The molecule has 2 rings (SSSR count). The third kappa shape index (κ3) is 6.24. The van der Waals surface area contributed by atoms with E-state index in [1.807, 2.05) is 60.5 Å². The van der Waals surface area contributed by atoms with E-state index in [0.29, 0.717) is 11.6 Å². The highest BCUT2D eigenvalue weighted by Gasteiger charge is 2.22. The van der Waals surface area contributed by atoms with Crippen molar-refractivity contribution in [3.63, 3.8) is 0 Å². The van der Waals surface area contributed by atoms with Crippen LogP contribution in [0.2, 0.25) is 5.02 Å². The van der Waals surface area contributed by atoms with E-state index in [1.54, 1.807) is 11.8 Å². The second kappa shape index (κ2) is 9.86. The van der Waals surface area contributed by atoms with Crippen LogP contribution >= 0.6 is 23.4 Å². The maximum Gasteiger partial charge on any atom is 0.317 e. The SMILES string of the molecule is CC(C)C(COc1ccccc1Sc1cccc(Cl)c1)N(C)CC(=O)O. The number of carbonyl (C=O) groups is 1. The zero-order valence-corrected chi connectivity index (χ0v) is 16.8. The van der Waals surface area contributed by atoms with Gasteiger partial charge in [0.15, 0.2) is 0 Å². The molecule has 0 amide bonds. The number of nitrogens with zero attached hydrogens (tertiary/aromatic N) is 1. The molecule has 1 atom stereocenters. The van der Waals surface area contributed by atoms with Crippen molar-refractivity contribution in [3.8, 4) is 5.75 Å². The molecule has 0 aliphatic heterocycles. The van der Waals surface area contributed by atoms with Gasteiger partial charge in [-0.2, -0.15) is 0 Å². The highest BCUT2D eigenvalue weighted by Crippen LogP contribution is 2.35. The Morgan fingerprint density at radius 1 is 1.23 bits per heavy atom. The first-order valence-electron chi connectivity index (χ1n) is 8.44. The molecule has 0 bridgehead atoms. The van der Waals surface area contributed by atoms with Gasteiger partial charge in [0, 0.05) is 16.0 Å². The predicted molar refractivity (Wildman–Crippen MR) is 106 cm³/mol. The fourth-order valence-electron chi connectivity index (χ4n) is 2.65. The Morgan fingerprint density at radius 2 is 1.96 bits per heavy atom. The van der Waals surface area contributed by atoms with Crippen LogP contribution in [0.3, 0.4) is 0 Å². The van der Waals surface area contributed by atoms with Crippen molar-refractivity contribution >= 4 is 29.3 Å². The first-order chi connectivity index (χ1) is 12.4. The van der Waals surface area contributed by atoms with Crippen LogP contribution in [0.15, 0.2) is 58.3 Å². The number of ether oxygens (including phenoxy) is 1. The average molecular weight is 394 g/mol. The molecule has 0 heterocycles. The summed E-state index contributed by atoms with van der Waals surface area (Å²) in [6, 6.07) is 15.5. The molecule has 0 aliphatic rings. The lowest BCUT2D eigenvalue weighted by Gasteiger charge is -2.30. The summed E-state index contributed by atoms with van der Waals surface area (Å²) >= 11 is 7.66. The van der Waals surface area contributed by atoms with Crippen LogP contribution in [0.1, 0.15) is 13.8 Å². The van der Waals surface area contributed by atoms with Gasteiger partial charge in [0.05, 0.1) is 11.4 Å². The Labute approximate surface area is 164 Å². The number of benzene rings is 2. The van der Waals surface area contributed by atoms with Crippen molar-refractivity contribution in [2.45, 2.75) is 29.7 Å². The third-order valence-electron chi connectivity index (χ3n) is 4.00. The summed E-state index contributed by atoms with van der Waals surface area (Å²) in [5.41, 5.74) is 0. The van der Waals surface area contributed by atoms with Crippen LogP contribution in [0, 0.1) is 5.92 Å². The van der Waals surface area contributed by atoms with Gasteiger partial charge >= 0.3 is 5.97 Å². The van der Waals surface area contributed by atoms with Crippen molar-refractivity contribution in [1.29, 1.82) is 0 Å². The monoisotopic (exact) mass is 393 g/mol. The minimum atomic E-state index is -0.838. The lowest BCUT2D eigenvalue weighted by molar-refractivity contribution is -0.138. The molecule has 4 nitrogen and oxygen atoms in total. The number of rotatable bonds is 9. The van der Waals surface area contributed by atoms with E-state index in [-0.39, 0.29) is 18.5 Å². The Balaban J connectivity index is 2.10. The first-order valence-corrected chi connectivity index (χ1v) is 9.63. The fourth-order valence-corrected chi connectivity index (χ4v) is 3.86. The summed E-state index contributed by atoms with van der Waals surface area (Å²) in [4.78, 5) is 14.9. The highest BCUT2D eigenvalue weighted by atomic mass is 35.5. The van der Waals surface area contributed by atoms with Gasteiger partial charge in [0.25, 0.3) is 0 Å². The zero-order valence-electron chi connectivity index (χ0n) is 15.2. The molecule has 0 saturated carbocycles. The molecule has 0 fully saturated rings. The van der Waals surface area contributed by atoms with Crippen molar-refractivity contribution in [2.75, 3.05) is 20.2 Å². The van der Waals surface area contributed by atoms with Crippen LogP contribution < -0.4 is 4.74 Å². The number of para-hydroxylation sites is 1. The summed E-state index contributed by atoms with van der Waals surface area (Å²) in [6.45, 7) is 4.55. The summed E-state index contributed by atoms with van der Waals surface area (Å²) in [5.74, 6) is 0.217. The molecule has 2 aromatic carbocycles. The Kier molecular flexibility index (Phi) is 7.82. The number of carboxylic acid groups (broad SMARTS) is 1. The fraction of sp³-hybridized carbons (Fsp3) is 0.350. The lowest BCUT2D eigenvalue weighted by atomic mass is 10.0. The largest absolute Gasteiger partial charge is 0.491 e. The second-order valence-corrected chi connectivity index (χ2v) is 7.99. The summed E-state index contributed by atoms with van der Waals surface area (Å²) in [7, 11) is 1.81. The van der Waals surface area contributed by atoms with E-state index in [0.717, 1.165) is 15.5 Å². The van der Waals surface area contributed by atoms with Gasteiger partial charge in [-0.25, -0.2) is 0 Å². The molecule has 1 unspecified atom stereocenters. The van der Waals surface area contributed by atoms with Gasteiger partial charge in [0.2, 0.25) is 0 Å². The summed E-state index contributed by atoms with van der Waals surface area (Å²) in [5, 5.41) is 9.73. The Morgan fingerprint density at radius 3 is 2.62 bits per heavy atom. The first kappa shape index (κ1) is 20.6. The van der Waals surface area contributed by atoms with Crippen molar-refractivity contribution in [3.05, 3.63) is 53.6 Å². The molecule has 6 heteroatoms. The van der Waals surface area contributed by atoms with E-state index < -0.39 is 5.97 Å². The summed E-state index contributed by atoms with van der Waals surface area (Å²) in [6.07, 6.45) is 0. The quantitative estimate of drug-likeness (QED) is 0.655. The molecule has 0 aliphatic carbocycles. The van der Waals surface area contributed by atoms with Gasteiger partial charge < -0.3 is 9.84 Å². The highest BCUT2D eigenvalue weighted by molar-refractivity contribution is 7.99. The van der Waals surface area contributed by atoms with Gasteiger partial charge in [0.1, 0.15) is 12.4 Å². The van der Waals surface area contributed by atoms with E-state index >= 15 is 0 Å². The number of aliphatic carboxylic acids is 1.